The molecule has 1 heterocycles. The zero-order valence-electron chi connectivity index (χ0n) is 12.2. The summed E-state index contributed by atoms with van der Waals surface area (Å²) in [4.78, 5) is 4.96. The van der Waals surface area contributed by atoms with Gasteiger partial charge in [0.15, 0.2) is 0 Å². The highest BCUT2D eigenvalue weighted by Crippen LogP contribution is 2.27. The number of likely N-dealkylation sites (N-methyl/N-ethyl adjacent to an activating group) is 1. The van der Waals surface area contributed by atoms with Gasteiger partial charge in [-0.1, -0.05) is 6.07 Å². The number of halogens is 1. The first-order chi connectivity index (χ1) is 8.92. The van der Waals surface area contributed by atoms with E-state index in [0.717, 1.165) is 36.4 Å². The van der Waals surface area contributed by atoms with Crippen molar-refractivity contribution in [1.29, 1.82) is 0 Å². The van der Waals surface area contributed by atoms with Crippen LogP contribution in [0, 0.1) is 0 Å². The minimum atomic E-state index is 0.252. The van der Waals surface area contributed by atoms with Crippen LogP contribution in [0.15, 0.2) is 22.7 Å². The largest absolute Gasteiger partial charge is 0.496 e. The Morgan fingerprint density at radius 3 is 2.63 bits per heavy atom. The molecule has 0 spiro atoms. The second-order valence-corrected chi connectivity index (χ2v) is 6.77. The monoisotopic (exact) mass is 326 g/mol. The number of piperazine rings is 1. The summed E-state index contributed by atoms with van der Waals surface area (Å²) in [5.74, 6) is 0.891. The lowest BCUT2D eigenvalue weighted by Gasteiger charge is -2.45. The van der Waals surface area contributed by atoms with Crippen LogP contribution in [0.5, 0.6) is 5.75 Å². The van der Waals surface area contributed by atoms with Crippen LogP contribution < -0.4 is 4.74 Å². The molecule has 0 amide bonds. The average Bonchev–Trinajstić information content (AvgIpc) is 2.34. The normalized spacial score (nSPS) is 20.5. The summed E-state index contributed by atoms with van der Waals surface area (Å²) in [7, 11) is 3.91. The third-order valence-electron chi connectivity index (χ3n) is 4.02. The maximum absolute atomic E-state index is 5.27. The van der Waals surface area contributed by atoms with Crippen molar-refractivity contribution in [3.05, 3.63) is 28.2 Å². The van der Waals surface area contributed by atoms with Crippen molar-refractivity contribution >= 4 is 15.9 Å². The Kier molecular flexibility index (Phi) is 4.54. The van der Waals surface area contributed by atoms with E-state index >= 15 is 0 Å². The zero-order valence-corrected chi connectivity index (χ0v) is 13.8. The first kappa shape index (κ1) is 14.8. The number of nitrogens with zero attached hydrogens (tertiary/aromatic N) is 2. The Morgan fingerprint density at radius 1 is 1.32 bits per heavy atom. The lowest BCUT2D eigenvalue weighted by Crippen LogP contribution is -2.57. The predicted molar refractivity (Wildman–Crippen MR) is 82.7 cm³/mol. The van der Waals surface area contributed by atoms with Crippen LogP contribution >= 0.6 is 15.9 Å². The molecule has 0 aromatic heterocycles. The van der Waals surface area contributed by atoms with Gasteiger partial charge in [-0.05, 0) is 54.5 Å². The van der Waals surface area contributed by atoms with Crippen molar-refractivity contribution in [3.8, 4) is 5.75 Å². The van der Waals surface area contributed by atoms with Crippen molar-refractivity contribution in [1.82, 2.24) is 9.80 Å². The van der Waals surface area contributed by atoms with E-state index in [2.05, 4.69) is 58.8 Å². The standard InChI is InChI=1S/C15H23BrN2O/c1-15(2)11-18(8-7-17(15)3)10-12-5-6-14(19-4)13(16)9-12/h5-6,9H,7-8,10-11H2,1-4H3. The molecule has 0 saturated carbocycles. The van der Waals surface area contributed by atoms with E-state index in [9.17, 15) is 0 Å². The van der Waals surface area contributed by atoms with E-state index in [1.807, 2.05) is 6.07 Å². The summed E-state index contributed by atoms with van der Waals surface area (Å²) in [6, 6.07) is 6.33. The van der Waals surface area contributed by atoms with E-state index < -0.39 is 0 Å². The number of rotatable bonds is 3. The smallest absolute Gasteiger partial charge is 0.133 e. The van der Waals surface area contributed by atoms with Crippen molar-refractivity contribution in [2.45, 2.75) is 25.9 Å². The highest BCUT2D eigenvalue weighted by atomic mass is 79.9. The molecule has 1 aromatic rings. The summed E-state index contributed by atoms with van der Waals surface area (Å²) >= 11 is 3.55. The molecule has 0 radical (unpaired) electrons. The first-order valence-electron chi connectivity index (χ1n) is 6.68. The van der Waals surface area contributed by atoms with Crippen molar-refractivity contribution in [3.63, 3.8) is 0 Å². The fraction of sp³-hybridized carbons (Fsp3) is 0.600. The Bertz CT molecular complexity index is 448. The molecule has 1 aliphatic rings. The van der Waals surface area contributed by atoms with Crippen LogP contribution in [0.3, 0.4) is 0 Å². The van der Waals surface area contributed by atoms with Gasteiger partial charge in [-0.25, -0.2) is 0 Å². The lowest BCUT2D eigenvalue weighted by atomic mass is 9.99. The molecule has 0 unspecified atom stereocenters. The third-order valence-corrected chi connectivity index (χ3v) is 4.64. The molecule has 1 saturated heterocycles. The summed E-state index contributed by atoms with van der Waals surface area (Å²) in [5, 5.41) is 0. The molecule has 1 fully saturated rings. The van der Waals surface area contributed by atoms with Crippen LogP contribution in [0.1, 0.15) is 19.4 Å². The molecule has 106 valence electrons. The van der Waals surface area contributed by atoms with E-state index in [4.69, 9.17) is 4.74 Å². The van der Waals surface area contributed by atoms with Gasteiger partial charge >= 0.3 is 0 Å². The molecule has 0 bridgehead atoms. The average molecular weight is 327 g/mol. The number of hydrogen-bond donors (Lipinski definition) is 0. The molecule has 19 heavy (non-hydrogen) atoms. The molecule has 0 atom stereocenters. The topological polar surface area (TPSA) is 15.7 Å². The van der Waals surface area contributed by atoms with Gasteiger partial charge in [0.1, 0.15) is 5.75 Å². The van der Waals surface area contributed by atoms with Gasteiger partial charge in [0, 0.05) is 31.7 Å². The number of hydrogen-bond acceptors (Lipinski definition) is 3. The van der Waals surface area contributed by atoms with E-state index in [-0.39, 0.29) is 5.54 Å². The van der Waals surface area contributed by atoms with E-state index in [1.165, 1.54) is 5.56 Å². The number of ether oxygens (including phenoxy) is 1. The van der Waals surface area contributed by atoms with Crippen LogP contribution in [-0.2, 0) is 6.54 Å². The maximum Gasteiger partial charge on any atom is 0.133 e. The van der Waals surface area contributed by atoms with Crippen LogP contribution in [0.4, 0.5) is 0 Å². The van der Waals surface area contributed by atoms with Gasteiger partial charge < -0.3 is 4.74 Å². The molecule has 0 N–H and O–H groups in total. The molecular weight excluding hydrogens is 304 g/mol. The van der Waals surface area contributed by atoms with Crippen LogP contribution in [0.2, 0.25) is 0 Å². The number of methoxy groups -OCH3 is 1. The highest BCUT2D eigenvalue weighted by Gasteiger charge is 2.30. The number of benzene rings is 1. The predicted octanol–water partition coefficient (Wildman–Crippen LogP) is 2.98. The van der Waals surface area contributed by atoms with Gasteiger partial charge in [-0.3, -0.25) is 9.80 Å². The molecule has 4 heteroatoms. The summed E-state index contributed by atoms with van der Waals surface area (Å²) in [5.41, 5.74) is 1.58. The Labute approximate surface area is 124 Å². The minimum Gasteiger partial charge on any atom is -0.496 e. The van der Waals surface area contributed by atoms with Crippen molar-refractivity contribution in [2.24, 2.45) is 0 Å². The fourth-order valence-corrected chi connectivity index (χ4v) is 3.13. The second kappa shape index (κ2) is 5.81. The Morgan fingerprint density at radius 2 is 2.05 bits per heavy atom. The molecule has 3 nitrogen and oxygen atoms in total. The lowest BCUT2D eigenvalue weighted by molar-refractivity contribution is 0.0360. The second-order valence-electron chi connectivity index (χ2n) is 5.91. The maximum atomic E-state index is 5.27. The van der Waals surface area contributed by atoms with Gasteiger partial charge in [0.2, 0.25) is 0 Å². The molecule has 1 aromatic carbocycles. The SMILES string of the molecule is COc1ccc(CN2CCN(C)C(C)(C)C2)cc1Br. The Balaban J connectivity index is 2.04. The first-order valence-corrected chi connectivity index (χ1v) is 7.48. The molecule has 0 aliphatic carbocycles. The fourth-order valence-electron chi connectivity index (χ4n) is 2.54. The van der Waals surface area contributed by atoms with Gasteiger partial charge in [0.25, 0.3) is 0 Å². The molecular formula is C15H23BrN2O. The van der Waals surface area contributed by atoms with Gasteiger partial charge in [-0.2, -0.15) is 0 Å². The van der Waals surface area contributed by atoms with Crippen LogP contribution in [-0.4, -0.2) is 49.1 Å². The Hall–Kier alpha value is -0.580. The van der Waals surface area contributed by atoms with Crippen LogP contribution in [0.25, 0.3) is 0 Å². The summed E-state index contributed by atoms with van der Waals surface area (Å²) in [6.45, 7) is 8.98. The highest BCUT2D eigenvalue weighted by molar-refractivity contribution is 9.10. The quantitative estimate of drug-likeness (QED) is 0.849. The summed E-state index contributed by atoms with van der Waals surface area (Å²) in [6.07, 6.45) is 0. The van der Waals surface area contributed by atoms with Gasteiger partial charge in [0.05, 0.1) is 11.6 Å². The van der Waals surface area contributed by atoms with E-state index in [1.54, 1.807) is 7.11 Å². The molecule has 2 rings (SSSR count). The van der Waals surface area contributed by atoms with E-state index in [0.29, 0.717) is 0 Å². The van der Waals surface area contributed by atoms with Gasteiger partial charge in [-0.15, -0.1) is 0 Å². The minimum absolute atomic E-state index is 0.252. The van der Waals surface area contributed by atoms with Crippen molar-refractivity contribution in [2.75, 3.05) is 33.8 Å². The van der Waals surface area contributed by atoms with Crippen molar-refractivity contribution < 1.29 is 4.74 Å². The zero-order chi connectivity index (χ0) is 14.0. The summed E-state index contributed by atoms with van der Waals surface area (Å²) < 4.78 is 6.30. The molecule has 1 aliphatic heterocycles. The third kappa shape index (κ3) is 3.50.